The molecule has 2 heterocycles. The van der Waals surface area contributed by atoms with Crippen LogP contribution in [0.4, 0.5) is 0 Å². The predicted octanol–water partition coefficient (Wildman–Crippen LogP) is 2.30. The third-order valence-corrected chi connectivity index (χ3v) is 3.76. The van der Waals surface area contributed by atoms with Gasteiger partial charge in [-0.15, -0.1) is 0 Å². The Morgan fingerprint density at radius 1 is 1.42 bits per heavy atom. The average Bonchev–Trinajstić information content (AvgIpc) is 2.77. The van der Waals surface area contributed by atoms with Crippen LogP contribution in [0.25, 0.3) is 11.3 Å². The van der Waals surface area contributed by atoms with Crippen LogP contribution in [0.3, 0.4) is 0 Å². The summed E-state index contributed by atoms with van der Waals surface area (Å²) >= 11 is 0. The average molecular weight is 257 g/mol. The summed E-state index contributed by atoms with van der Waals surface area (Å²) in [6.45, 7) is 3.18. The van der Waals surface area contributed by atoms with Crippen LogP contribution in [-0.2, 0) is 13.5 Å². The summed E-state index contributed by atoms with van der Waals surface area (Å²) in [5.41, 5.74) is 4.92. The molecular formula is C15H19N3O. The quantitative estimate of drug-likeness (QED) is 0.897. The van der Waals surface area contributed by atoms with Crippen molar-refractivity contribution < 1.29 is 4.74 Å². The molecule has 0 saturated carbocycles. The summed E-state index contributed by atoms with van der Waals surface area (Å²) in [5, 5.41) is 8.13. The highest BCUT2D eigenvalue weighted by molar-refractivity contribution is 5.67. The van der Waals surface area contributed by atoms with Crippen LogP contribution in [0.1, 0.15) is 24.2 Å². The second-order valence-corrected chi connectivity index (χ2v) is 4.99. The molecule has 0 bridgehead atoms. The maximum Gasteiger partial charge on any atom is 0.119 e. The van der Waals surface area contributed by atoms with Gasteiger partial charge in [0.15, 0.2) is 0 Å². The molecule has 1 N–H and O–H groups in total. The van der Waals surface area contributed by atoms with Gasteiger partial charge in [-0.3, -0.25) is 4.68 Å². The zero-order chi connectivity index (χ0) is 13.4. The van der Waals surface area contributed by atoms with Crippen molar-refractivity contribution in [2.75, 3.05) is 13.7 Å². The minimum atomic E-state index is 0.328. The number of aromatic nitrogens is 2. The molecule has 1 aromatic carbocycles. The molecular weight excluding hydrogens is 238 g/mol. The second-order valence-electron chi connectivity index (χ2n) is 4.99. The van der Waals surface area contributed by atoms with Crippen LogP contribution >= 0.6 is 0 Å². The van der Waals surface area contributed by atoms with E-state index in [4.69, 9.17) is 4.74 Å². The van der Waals surface area contributed by atoms with Gasteiger partial charge in [-0.1, -0.05) is 12.1 Å². The van der Waals surface area contributed by atoms with E-state index >= 15 is 0 Å². The lowest BCUT2D eigenvalue weighted by Crippen LogP contribution is -2.27. The first-order chi connectivity index (χ1) is 9.20. The molecule has 0 saturated heterocycles. The lowest BCUT2D eigenvalue weighted by molar-refractivity contribution is 0.415. The number of hydrogen-bond acceptors (Lipinski definition) is 3. The van der Waals surface area contributed by atoms with Gasteiger partial charge in [-0.2, -0.15) is 5.10 Å². The number of benzene rings is 1. The first kappa shape index (κ1) is 12.2. The monoisotopic (exact) mass is 257 g/mol. The van der Waals surface area contributed by atoms with E-state index < -0.39 is 0 Å². The van der Waals surface area contributed by atoms with E-state index in [1.165, 1.54) is 22.5 Å². The molecule has 100 valence electrons. The van der Waals surface area contributed by atoms with Gasteiger partial charge in [0.05, 0.1) is 18.5 Å². The Labute approximate surface area is 113 Å². The summed E-state index contributed by atoms with van der Waals surface area (Å²) in [6, 6.07) is 8.51. The molecule has 1 unspecified atom stereocenters. The van der Waals surface area contributed by atoms with Gasteiger partial charge in [-0.05, 0) is 32.0 Å². The number of ether oxygens (including phenoxy) is 1. The molecule has 1 aliphatic rings. The smallest absolute Gasteiger partial charge is 0.119 e. The molecule has 4 heteroatoms. The summed E-state index contributed by atoms with van der Waals surface area (Å²) in [6.07, 6.45) is 1.03. The summed E-state index contributed by atoms with van der Waals surface area (Å²) in [4.78, 5) is 0. The lowest BCUT2D eigenvalue weighted by atomic mass is 9.97. The van der Waals surface area contributed by atoms with Gasteiger partial charge >= 0.3 is 0 Å². The van der Waals surface area contributed by atoms with Crippen LogP contribution in [-0.4, -0.2) is 23.4 Å². The SMILES string of the molecule is COc1cccc(-c2c3c(nn2C)C(C)NCC3)c1. The van der Waals surface area contributed by atoms with Crippen LogP contribution in [0.5, 0.6) is 5.75 Å². The van der Waals surface area contributed by atoms with Crippen molar-refractivity contribution in [3.8, 4) is 17.0 Å². The predicted molar refractivity (Wildman–Crippen MR) is 75.3 cm³/mol. The zero-order valence-electron chi connectivity index (χ0n) is 11.6. The maximum absolute atomic E-state index is 5.32. The van der Waals surface area contributed by atoms with Crippen molar-refractivity contribution >= 4 is 0 Å². The largest absolute Gasteiger partial charge is 0.497 e. The zero-order valence-corrected chi connectivity index (χ0v) is 11.6. The Balaban J connectivity index is 2.14. The van der Waals surface area contributed by atoms with Crippen molar-refractivity contribution in [3.63, 3.8) is 0 Å². The fraction of sp³-hybridized carbons (Fsp3) is 0.400. The second kappa shape index (κ2) is 4.70. The molecule has 4 nitrogen and oxygen atoms in total. The van der Waals surface area contributed by atoms with Gasteiger partial charge in [0.25, 0.3) is 0 Å². The van der Waals surface area contributed by atoms with Crippen molar-refractivity contribution in [1.29, 1.82) is 0 Å². The molecule has 2 aromatic rings. The van der Waals surface area contributed by atoms with E-state index in [-0.39, 0.29) is 0 Å². The van der Waals surface area contributed by atoms with E-state index in [1.54, 1.807) is 7.11 Å². The number of aryl methyl sites for hydroxylation is 1. The third kappa shape index (κ3) is 2.02. The van der Waals surface area contributed by atoms with Gasteiger partial charge in [-0.25, -0.2) is 0 Å². The van der Waals surface area contributed by atoms with Gasteiger partial charge in [0, 0.05) is 24.2 Å². The Kier molecular flexibility index (Phi) is 3.03. The van der Waals surface area contributed by atoms with Crippen LogP contribution in [0.15, 0.2) is 24.3 Å². The molecule has 1 aliphatic heterocycles. The standard InChI is InChI=1S/C15H19N3O/c1-10-14-13(7-8-16-10)15(18(2)17-14)11-5-4-6-12(9-11)19-3/h4-6,9-10,16H,7-8H2,1-3H3. The molecule has 0 amide bonds. The minimum Gasteiger partial charge on any atom is -0.497 e. The van der Waals surface area contributed by atoms with Gasteiger partial charge in [0.2, 0.25) is 0 Å². The fourth-order valence-corrected chi connectivity index (χ4v) is 2.82. The molecule has 0 fully saturated rings. The molecule has 19 heavy (non-hydrogen) atoms. The molecule has 1 aromatic heterocycles. The number of methoxy groups -OCH3 is 1. The Bertz CT molecular complexity index is 603. The first-order valence-electron chi connectivity index (χ1n) is 6.64. The van der Waals surface area contributed by atoms with E-state index in [9.17, 15) is 0 Å². The third-order valence-electron chi connectivity index (χ3n) is 3.76. The van der Waals surface area contributed by atoms with Crippen molar-refractivity contribution in [2.24, 2.45) is 7.05 Å². The van der Waals surface area contributed by atoms with Crippen LogP contribution < -0.4 is 10.1 Å². The highest BCUT2D eigenvalue weighted by Gasteiger charge is 2.24. The number of nitrogens with zero attached hydrogens (tertiary/aromatic N) is 2. The maximum atomic E-state index is 5.32. The van der Waals surface area contributed by atoms with Crippen LogP contribution in [0, 0.1) is 0 Å². The fourth-order valence-electron chi connectivity index (χ4n) is 2.82. The number of nitrogens with one attached hydrogen (secondary N) is 1. The van der Waals surface area contributed by atoms with E-state index in [0.29, 0.717) is 6.04 Å². The normalized spacial score (nSPS) is 18.2. The number of fused-ring (bicyclic) bond motifs is 1. The Morgan fingerprint density at radius 2 is 2.26 bits per heavy atom. The Hall–Kier alpha value is -1.81. The number of hydrogen-bond donors (Lipinski definition) is 1. The summed E-state index contributed by atoms with van der Waals surface area (Å²) in [5.74, 6) is 0.884. The molecule has 0 aliphatic carbocycles. The topological polar surface area (TPSA) is 39.1 Å². The van der Waals surface area contributed by atoms with Crippen molar-refractivity contribution in [1.82, 2.24) is 15.1 Å². The summed E-state index contributed by atoms with van der Waals surface area (Å²) < 4.78 is 7.30. The minimum absolute atomic E-state index is 0.328. The van der Waals surface area contributed by atoms with Crippen molar-refractivity contribution in [2.45, 2.75) is 19.4 Å². The molecule has 3 rings (SSSR count). The van der Waals surface area contributed by atoms with E-state index in [1.807, 2.05) is 23.9 Å². The van der Waals surface area contributed by atoms with Crippen LogP contribution in [0.2, 0.25) is 0 Å². The van der Waals surface area contributed by atoms with E-state index in [2.05, 4.69) is 29.5 Å². The van der Waals surface area contributed by atoms with Gasteiger partial charge < -0.3 is 10.1 Å². The molecule has 0 spiro atoms. The summed E-state index contributed by atoms with van der Waals surface area (Å²) in [7, 11) is 3.71. The first-order valence-corrected chi connectivity index (χ1v) is 6.64. The Morgan fingerprint density at radius 3 is 3.05 bits per heavy atom. The lowest BCUT2D eigenvalue weighted by Gasteiger charge is -2.19. The van der Waals surface area contributed by atoms with Crippen molar-refractivity contribution in [3.05, 3.63) is 35.5 Å². The highest BCUT2D eigenvalue weighted by Crippen LogP contribution is 2.32. The van der Waals surface area contributed by atoms with E-state index in [0.717, 1.165) is 18.7 Å². The molecule has 0 radical (unpaired) electrons. The molecule has 1 atom stereocenters. The number of rotatable bonds is 2. The van der Waals surface area contributed by atoms with Gasteiger partial charge in [0.1, 0.15) is 5.75 Å². The highest BCUT2D eigenvalue weighted by atomic mass is 16.5.